The number of rotatable bonds is 4. The molecule has 0 heterocycles. The van der Waals surface area contributed by atoms with Crippen LogP contribution >= 0.6 is 0 Å². The molecule has 0 aliphatic carbocycles. The first-order chi connectivity index (χ1) is 9.59. The highest BCUT2D eigenvalue weighted by Crippen LogP contribution is 2.16. The van der Waals surface area contributed by atoms with Gasteiger partial charge in [-0.05, 0) is 30.2 Å². The monoisotopic (exact) mass is 266 g/mol. The van der Waals surface area contributed by atoms with E-state index in [1.807, 2.05) is 6.07 Å². The molecule has 0 aromatic heterocycles. The van der Waals surface area contributed by atoms with Gasteiger partial charge in [0.15, 0.2) is 5.78 Å². The minimum atomic E-state index is -0.966. The van der Waals surface area contributed by atoms with Gasteiger partial charge in [-0.3, -0.25) is 4.79 Å². The van der Waals surface area contributed by atoms with E-state index >= 15 is 0 Å². The second-order valence-electron chi connectivity index (χ2n) is 4.39. The van der Waals surface area contributed by atoms with Gasteiger partial charge in [-0.1, -0.05) is 48.5 Å². The molecule has 3 nitrogen and oxygen atoms in total. The molecule has 0 unspecified atom stereocenters. The zero-order chi connectivity index (χ0) is 14.5. The molecule has 20 heavy (non-hydrogen) atoms. The maximum Gasteiger partial charge on any atom is 0.335 e. The Morgan fingerprint density at radius 2 is 1.70 bits per heavy atom. The summed E-state index contributed by atoms with van der Waals surface area (Å²) in [6.07, 6.45) is 3.11. The lowest BCUT2D eigenvalue weighted by Crippen LogP contribution is -2.01. The molecular formula is C17H14O3. The molecule has 2 aromatic rings. The summed E-state index contributed by atoms with van der Waals surface area (Å²) in [4.78, 5) is 23.0. The fraction of sp³-hybridized carbons (Fsp3) is 0.0588. The van der Waals surface area contributed by atoms with Gasteiger partial charge in [0.05, 0.1) is 5.56 Å². The van der Waals surface area contributed by atoms with Crippen LogP contribution < -0.4 is 0 Å². The van der Waals surface area contributed by atoms with Crippen molar-refractivity contribution in [3.05, 3.63) is 76.9 Å². The van der Waals surface area contributed by atoms with Gasteiger partial charge in [0, 0.05) is 5.56 Å². The number of aromatic carboxylic acids is 1. The van der Waals surface area contributed by atoms with Crippen molar-refractivity contribution < 1.29 is 14.7 Å². The van der Waals surface area contributed by atoms with Crippen molar-refractivity contribution in [2.75, 3.05) is 0 Å². The molecule has 0 fully saturated rings. The summed E-state index contributed by atoms with van der Waals surface area (Å²) in [5, 5.41) is 9.05. The maximum absolute atomic E-state index is 11.9. The summed E-state index contributed by atoms with van der Waals surface area (Å²) in [5.74, 6) is -1.07. The lowest BCUT2D eigenvalue weighted by Gasteiger charge is -2.04. The number of benzene rings is 2. The third kappa shape index (κ3) is 3.01. The number of ketones is 1. The van der Waals surface area contributed by atoms with Gasteiger partial charge < -0.3 is 5.11 Å². The minimum Gasteiger partial charge on any atom is -0.478 e. The van der Waals surface area contributed by atoms with Gasteiger partial charge in [0.2, 0.25) is 0 Å². The van der Waals surface area contributed by atoms with Crippen LogP contribution in [0, 0.1) is 6.92 Å². The summed E-state index contributed by atoms with van der Waals surface area (Å²) < 4.78 is 0. The van der Waals surface area contributed by atoms with Crippen LogP contribution in [0.3, 0.4) is 0 Å². The molecule has 100 valence electrons. The summed E-state index contributed by atoms with van der Waals surface area (Å²) in [6.45, 7) is 1.73. The van der Waals surface area contributed by atoms with Crippen LogP contribution in [0.4, 0.5) is 0 Å². The number of carbonyl (C=O) groups is 2. The van der Waals surface area contributed by atoms with E-state index in [-0.39, 0.29) is 11.3 Å². The normalized spacial score (nSPS) is 10.7. The Kier molecular flexibility index (Phi) is 4.11. The fourth-order valence-corrected chi connectivity index (χ4v) is 1.93. The van der Waals surface area contributed by atoms with Crippen molar-refractivity contribution >= 4 is 17.8 Å². The third-order valence-electron chi connectivity index (χ3n) is 3.08. The average molecular weight is 266 g/mol. The molecule has 0 bridgehead atoms. The molecule has 0 atom stereocenters. The molecule has 3 heteroatoms. The molecule has 2 rings (SSSR count). The van der Waals surface area contributed by atoms with E-state index in [2.05, 4.69) is 0 Å². The van der Waals surface area contributed by atoms with E-state index in [0.29, 0.717) is 11.1 Å². The van der Waals surface area contributed by atoms with E-state index in [1.165, 1.54) is 6.08 Å². The first-order valence-electron chi connectivity index (χ1n) is 6.20. The van der Waals surface area contributed by atoms with Gasteiger partial charge in [0.25, 0.3) is 0 Å². The predicted octanol–water partition coefficient (Wildman–Crippen LogP) is 3.59. The molecular weight excluding hydrogens is 252 g/mol. The van der Waals surface area contributed by atoms with Crippen molar-refractivity contribution in [3.63, 3.8) is 0 Å². The van der Waals surface area contributed by atoms with Crippen LogP contribution in [-0.4, -0.2) is 16.9 Å². The largest absolute Gasteiger partial charge is 0.478 e. The Balaban J connectivity index is 2.27. The Morgan fingerprint density at radius 1 is 1.00 bits per heavy atom. The van der Waals surface area contributed by atoms with Crippen molar-refractivity contribution in [1.29, 1.82) is 0 Å². The number of carbonyl (C=O) groups excluding carboxylic acids is 1. The molecule has 0 aliphatic heterocycles. The van der Waals surface area contributed by atoms with Crippen LogP contribution in [0.2, 0.25) is 0 Å². The average Bonchev–Trinajstić information content (AvgIpc) is 2.46. The van der Waals surface area contributed by atoms with Crippen molar-refractivity contribution in [1.82, 2.24) is 0 Å². The van der Waals surface area contributed by atoms with E-state index in [1.54, 1.807) is 55.5 Å². The van der Waals surface area contributed by atoms with E-state index < -0.39 is 5.97 Å². The summed E-state index contributed by atoms with van der Waals surface area (Å²) in [5.41, 5.74) is 2.24. The highest BCUT2D eigenvalue weighted by atomic mass is 16.4. The first-order valence-corrected chi connectivity index (χ1v) is 6.20. The van der Waals surface area contributed by atoms with E-state index in [9.17, 15) is 9.59 Å². The second-order valence-corrected chi connectivity index (χ2v) is 4.39. The van der Waals surface area contributed by atoms with Crippen molar-refractivity contribution in [2.24, 2.45) is 0 Å². The SMILES string of the molecule is Cc1c(C=CC(=O)c2ccccc2)cccc1C(=O)O. The number of allylic oxidation sites excluding steroid dienone is 1. The number of hydrogen-bond acceptors (Lipinski definition) is 2. The molecule has 0 aliphatic rings. The zero-order valence-corrected chi connectivity index (χ0v) is 11.0. The molecule has 0 spiro atoms. The van der Waals surface area contributed by atoms with Gasteiger partial charge in [-0.15, -0.1) is 0 Å². The number of hydrogen-bond donors (Lipinski definition) is 1. The van der Waals surface area contributed by atoms with Gasteiger partial charge in [-0.25, -0.2) is 4.79 Å². The zero-order valence-electron chi connectivity index (χ0n) is 11.0. The molecule has 0 saturated heterocycles. The molecule has 0 saturated carbocycles. The van der Waals surface area contributed by atoms with Crippen LogP contribution in [0.15, 0.2) is 54.6 Å². The van der Waals surface area contributed by atoms with E-state index in [4.69, 9.17) is 5.11 Å². The topological polar surface area (TPSA) is 54.4 Å². The second kappa shape index (κ2) is 5.97. The quantitative estimate of drug-likeness (QED) is 0.679. The predicted molar refractivity (Wildman–Crippen MR) is 77.9 cm³/mol. The van der Waals surface area contributed by atoms with Crippen LogP contribution in [0.25, 0.3) is 6.08 Å². The van der Waals surface area contributed by atoms with Gasteiger partial charge in [0.1, 0.15) is 0 Å². The van der Waals surface area contributed by atoms with E-state index in [0.717, 1.165) is 5.56 Å². The van der Waals surface area contributed by atoms with Crippen LogP contribution in [-0.2, 0) is 0 Å². The highest BCUT2D eigenvalue weighted by molar-refractivity contribution is 6.07. The van der Waals surface area contributed by atoms with Crippen molar-refractivity contribution in [2.45, 2.75) is 6.92 Å². The smallest absolute Gasteiger partial charge is 0.335 e. The van der Waals surface area contributed by atoms with Crippen LogP contribution in [0.1, 0.15) is 31.8 Å². The molecule has 1 N–H and O–H groups in total. The Labute approximate surface area is 117 Å². The fourth-order valence-electron chi connectivity index (χ4n) is 1.93. The first kappa shape index (κ1) is 13.7. The molecule has 0 radical (unpaired) electrons. The standard InChI is InChI=1S/C17H14O3/c1-12-13(8-5-9-15(12)17(19)20)10-11-16(18)14-6-3-2-4-7-14/h2-11H,1H3,(H,19,20). The Hall–Kier alpha value is -2.68. The highest BCUT2D eigenvalue weighted by Gasteiger charge is 2.08. The minimum absolute atomic E-state index is 0.106. The lowest BCUT2D eigenvalue weighted by atomic mass is 10.0. The molecule has 0 amide bonds. The third-order valence-corrected chi connectivity index (χ3v) is 3.08. The maximum atomic E-state index is 11.9. The van der Waals surface area contributed by atoms with Gasteiger partial charge >= 0.3 is 5.97 Å². The lowest BCUT2D eigenvalue weighted by molar-refractivity contribution is 0.0696. The van der Waals surface area contributed by atoms with Crippen LogP contribution in [0.5, 0.6) is 0 Å². The summed E-state index contributed by atoms with van der Waals surface area (Å²) in [7, 11) is 0. The summed E-state index contributed by atoms with van der Waals surface area (Å²) >= 11 is 0. The number of carboxylic acid groups (broad SMARTS) is 1. The molecule has 2 aromatic carbocycles. The Bertz CT molecular complexity index is 670. The van der Waals surface area contributed by atoms with Crippen molar-refractivity contribution in [3.8, 4) is 0 Å². The summed E-state index contributed by atoms with van der Waals surface area (Å²) in [6, 6.07) is 13.9. The Morgan fingerprint density at radius 3 is 2.35 bits per heavy atom. The number of carboxylic acids is 1. The van der Waals surface area contributed by atoms with Gasteiger partial charge in [-0.2, -0.15) is 0 Å².